The largest absolute Gasteiger partial charge is 0.480 e. The normalized spacial score (nSPS) is 22.2. The molecule has 0 saturated heterocycles. The van der Waals surface area contributed by atoms with Crippen molar-refractivity contribution in [3.05, 3.63) is 41.4 Å². The van der Waals surface area contributed by atoms with E-state index in [1.807, 2.05) is 0 Å². The Morgan fingerprint density at radius 3 is 3.33 bits per heavy atom. The average molecular weight is 211 g/mol. The van der Waals surface area contributed by atoms with E-state index in [1.54, 1.807) is 6.07 Å². The van der Waals surface area contributed by atoms with Crippen LogP contribution in [0, 0.1) is 0 Å². The molecule has 1 aromatic rings. The van der Waals surface area contributed by atoms with Crippen LogP contribution >= 0.6 is 0 Å². The highest BCUT2D eigenvalue weighted by molar-refractivity contribution is 5.80. The quantitative estimate of drug-likeness (QED) is 0.743. The predicted octanol–water partition coefficient (Wildman–Crippen LogP) is 1.43. The molecule has 3 N–H and O–H groups in total. The molecule has 1 aliphatic carbocycles. The Morgan fingerprint density at radius 1 is 1.80 bits per heavy atom. The summed E-state index contributed by atoms with van der Waals surface area (Å²) >= 11 is 0. The fourth-order valence-electron chi connectivity index (χ4n) is 1.56. The van der Waals surface area contributed by atoms with Crippen LogP contribution in [0.5, 0.6) is 0 Å². The summed E-state index contributed by atoms with van der Waals surface area (Å²) in [7, 11) is 0. The number of carboxylic acid groups (broad SMARTS) is 1. The van der Waals surface area contributed by atoms with Gasteiger partial charge in [0.05, 0.1) is 5.48 Å². The molecule has 0 heterocycles. The number of hydrogen-bond acceptors (Lipinski definition) is 2. The zero-order valence-corrected chi connectivity index (χ0v) is 8.00. The van der Waals surface area contributed by atoms with Crippen LogP contribution in [0.2, 0.25) is 0 Å². The van der Waals surface area contributed by atoms with Crippen molar-refractivity contribution in [1.82, 2.24) is 0 Å². The van der Waals surface area contributed by atoms with Crippen LogP contribution in [-0.4, -0.2) is 17.1 Å². The molecule has 2 rings (SSSR count). The molecule has 3 heteroatoms. The molecule has 0 aliphatic heterocycles. The molecule has 1 atom stereocenters. The molecule has 15 heavy (non-hydrogen) atoms. The summed E-state index contributed by atoms with van der Waals surface area (Å²) in [5, 5.41) is 8.87. The van der Waals surface area contributed by atoms with Gasteiger partial charge in [-0.15, -0.1) is 0 Å². The summed E-state index contributed by atoms with van der Waals surface area (Å²) in [6, 6.07) is 1.10. The van der Waals surface area contributed by atoms with Gasteiger partial charge >= 0.3 is 5.97 Å². The first-order valence-corrected chi connectivity index (χ1v) is 4.54. The van der Waals surface area contributed by atoms with Crippen molar-refractivity contribution in [2.24, 2.45) is 5.73 Å². The van der Waals surface area contributed by atoms with Crippen LogP contribution in [-0.2, 0) is 11.2 Å². The van der Waals surface area contributed by atoms with Crippen LogP contribution in [0.15, 0.2) is 30.3 Å². The number of aliphatic carboxylic acids is 1. The molecule has 1 aromatic carbocycles. The first-order chi connectivity index (χ1) is 8.74. The minimum absolute atomic E-state index is 0.0418. The van der Waals surface area contributed by atoms with Gasteiger partial charge in [0.1, 0.15) is 6.02 Å². The van der Waals surface area contributed by atoms with Crippen molar-refractivity contribution < 1.29 is 15.4 Å². The van der Waals surface area contributed by atoms with Crippen molar-refractivity contribution in [1.29, 1.82) is 0 Å². The molecule has 1 unspecified atom stereocenters. The van der Waals surface area contributed by atoms with Crippen LogP contribution in [0.4, 0.5) is 0 Å². The summed E-state index contributed by atoms with van der Waals surface area (Å²) in [4.78, 5) is 10.9. The number of nitrogens with two attached hydrogens (primary N) is 1. The molecule has 3 nitrogen and oxygen atoms in total. The van der Waals surface area contributed by atoms with E-state index < -0.39 is 12.0 Å². The summed E-state index contributed by atoms with van der Waals surface area (Å²) in [5.74, 6) is -1.45. The Bertz CT molecular complexity index is 596. The summed E-state index contributed by atoms with van der Waals surface area (Å²) in [6.07, 6.45) is -0.100. The first kappa shape index (κ1) is 6.08. The molecule has 78 valence electrons. The van der Waals surface area contributed by atoms with E-state index in [1.165, 1.54) is 6.07 Å². The topological polar surface area (TPSA) is 63.3 Å². The lowest BCUT2D eigenvalue weighted by Gasteiger charge is -2.08. The lowest BCUT2D eigenvalue weighted by molar-refractivity contribution is -0.138. The van der Waals surface area contributed by atoms with Crippen LogP contribution in [0.1, 0.15) is 23.0 Å². The van der Waals surface area contributed by atoms with E-state index in [2.05, 4.69) is 0 Å². The van der Waals surface area contributed by atoms with Gasteiger partial charge in [0.25, 0.3) is 0 Å². The van der Waals surface area contributed by atoms with E-state index in [0.29, 0.717) is 16.7 Å². The average Bonchev–Trinajstić information content (AvgIpc) is 2.61. The molecule has 0 fully saturated rings. The smallest absolute Gasteiger partial charge is 0.320 e. The third-order valence-electron chi connectivity index (χ3n) is 2.33. The second-order valence-electron chi connectivity index (χ2n) is 3.33. The molecule has 0 aromatic heterocycles. The van der Waals surface area contributed by atoms with E-state index in [0.717, 1.165) is 0 Å². The van der Waals surface area contributed by atoms with Gasteiger partial charge in [-0.2, -0.15) is 0 Å². The molecule has 1 aliphatic rings. The Labute approximate surface area is 93.8 Å². The maximum absolute atomic E-state index is 10.9. The second-order valence-corrected chi connectivity index (χ2v) is 3.33. The Kier molecular flexibility index (Phi) is 1.57. The fraction of sp³-hybridized carbons (Fsp3) is 0.250. The monoisotopic (exact) mass is 211 g/mol. The minimum Gasteiger partial charge on any atom is -0.480 e. The zero-order valence-electron chi connectivity index (χ0n) is 12.0. The van der Waals surface area contributed by atoms with Crippen molar-refractivity contribution in [3.8, 4) is 0 Å². The Morgan fingerprint density at radius 2 is 2.60 bits per heavy atom. The van der Waals surface area contributed by atoms with E-state index in [-0.39, 0.29) is 31.0 Å². The SMILES string of the molecule is [2H][13C]1=C(C[13C]([2H])(N)C(=O)O)c2cc[13c]([2H])[13c]([2H])c2C1. The van der Waals surface area contributed by atoms with Crippen LogP contribution < -0.4 is 5.73 Å². The van der Waals surface area contributed by atoms with Crippen molar-refractivity contribution in [2.75, 3.05) is 0 Å². The minimum atomic E-state index is -2.19. The van der Waals surface area contributed by atoms with Crippen LogP contribution in [0.3, 0.4) is 0 Å². The van der Waals surface area contributed by atoms with Gasteiger partial charge in [-0.25, -0.2) is 0 Å². The number of benzene rings is 1. The standard InChI is InChI=1S/C12H13NO2/c13-11(12(14)15)7-9-6-5-8-3-1-2-4-10(8)9/h1-4,6,11H,5,7,13H2,(H,14,15)/i1+1D,3+1D,6+1D,11+1D. The number of rotatable bonds is 3. The van der Waals surface area contributed by atoms with Crippen LogP contribution in [0.25, 0.3) is 5.57 Å². The van der Waals surface area contributed by atoms with Gasteiger partial charge < -0.3 is 10.8 Å². The maximum Gasteiger partial charge on any atom is 0.320 e. The molecular formula is C12H13NO2. The van der Waals surface area contributed by atoms with E-state index in [4.69, 9.17) is 16.3 Å². The number of carbonyl (C=O) groups is 1. The van der Waals surface area contributed by atoms with Gasteiger partial charge in [-0.05, 0) is 29.5 Å². The third-order valence-corrected chi connectivity index (χ3v) is 2.33. The second kappa shape index (κ2) is 3.87. The fourth-order valence-corrected chi connectivity index (χ4v) is 1.56. The molecule has 0 saturated carbocycles. The molecule has 0 amide bonds. The van der Waals surface area contributed by atoms with Gasteiger partial charge in [-0.1, -0.05) is 30.3 Å². The lowest BCUT2D eigenvalue weighted by Crippen LogP contribution is -2.30. The Balaban J connectivity index is 2.43. The molecule has 0 radical (unpaired) electrons. The summed E-state index contributed by atoms with van der Waals surface area (Å²) < 4.78 is 30.7. The van der Waals surface area contributed by atoms with Gasteiger partial charge in [0, 0.05) is 0 Å². The summed E-state index contributed by atoms with van der Waals surface area (Å²) in [5.41, 5.74) is 6.87. The van der Waals surface area contributed by atoms with Gasteiger partial charge in [0.15, 0.2) is 0 Å². The Hall–Kier alpha value is -1.61. The molecular weight excluding hydrogens is 194 g/mol. The van der Waals surface area contributed by atoms with E-state index in [9.17, 15) is 4.79 Å². The summed E-state index contributed by atoms with van der Waals surface area (Å²) in [6.45, 7) is 0. The van der Waals surface area contributed by atoms with E-state index >= 15 is 0 Å². The molecule has 0 spiro atoms. The number of allylic oxidation sites excluding steroid dienone is 1. The number of hydrogen-bond donors (Lipinski definition) is 2. The number of fused-ring (bicyclic) bond motifs is 1. The highest BCUT2D eigenvalue weighted by Gasteiger charge is 2.19. The number of carboxylic acids is 1. The van der Waals surface area contributed by atoms with Gasteiger partial charge in [-0.3, -0.25) is 4.79 Å². The highest BCUT2D eigenvalue weighted by atomic mass is 16.4. The van der Waals surface area contributed by atoms with Crippen molar-refractivity contribution in [3.63, 3.8) is 0 Å². The molecule has 0 bridgehead atoms. The van der Waals surface area contributed by atoms with Gasteiger partial charge in [0.2, 0.25) is 0 Å². The zero-order chi connectivity index (χ0) is 14.4. The lowest BCUT2D eigenvalue weighted by atomic mass is 10.1. The third kappa shape index (κ3) is 1.92. The van der Waals surface area contributed by atoms with Crippen molar-refractivity contribution in [2.45, 2.75) is 18.9 Å². The maximum atomic E-state index is 10.9. The first-order valence-electron chi connectivity index (χ1n) is 6.54. The van der Waals surface area contributed by atoms with Crippen molar-refractivity contribution >= 4 is 11.5 Å². The highest BCUT2D eigenvalue weighted by Crippen LogP contribution is 2.29. The predicted molar refractivity (Wildman–Crippen MR) is 58.4 cm³/mol.